The van der Waals surface area contributed by atoms with Crippen molar-refractivity contribution < 1.29 is 19.0 Å². The smallest absolute Gasteiger partial charge is 0.257 e. The zero-order chi connectivity index (χ0) is 20.4. The molecule has 0 aliphatic carbocycles. The minimum atomic E-state index is -0.226. The number of nitrogens with one attached hydrogen (secondary N) is 2. The molecule has 0 bridgehead atoms. The van der Waals surface area contributed by atoms with E-state index in [2.05, 4.69) is 15.2 Å². The summed E-state index contributed by atoms with van der Waals surface area (Å²) in [6, 6.07) is 9.75. The lowest BCUT2D eigenvalue weighted by Gasteiger charge is -2.17. The van der Waals surface area contributed by atoms with Gasteiger partial charge in [0.25, 0.3) is 5.91 Å². The van der Waals surface area contributed by atoms with Gasteiger partial charge in [0.1, 0.15) is 0 Å². The Morgan fingerprint density at radius 2 is 1.69 bits per heavy atom. The van der Waals surface area contributed by atoms with E-state index in [0.717, 1.165) is 24.3 Å². The highest BCUT2D eigenvalue weighted by Crippen LogP contribution is 2.44. The van der Waals surface area contributed by atoms with Crippen LogP contribution >= 0.6 is 0 Å². The van der Waals surface area contributed by atoms with Crippen LogP contribution in [0, 0.1) is 0 Å². The number of H-pyrrole nitrogens is 1. The second kappa shape index (κ2) is 7.95. The van der Waals surface area contributed by atoms with Crippen molar-refractivity contribution in [2.24, 2.45) is 0 Å². The first-order chi connectivity index (χ1) is 14.2. The number of hydrogen-bond acceptors (Lipinski definition) is 5. The van der Waals surface area contributed by atoms with Crippen molar-refractivity contribution in [3.63, 3.8) is 0 Å². The number of aromatic amines is 1. The van der Waals surface area contributed by atoms with Gasteiger partial charge >= 0.3 is 0 Å². The number of nitrogens with zero attached hydrogens (tertiary/aromatic N) is 1. The van der Waals surface area contributed by atoms with Crippen molar-refractivity contribution >= 4 is 28.2 Å². The number of hydrogen-bond donors (Lipinski definition) is 2. The third kappa shape index (κ3) is 3.44. The molecule has 2 aromatic carbocycles. The Hall–Kier alpha value is -3.35. The second-order valence-corrected chi connectivity index (χ2v) is 6.97. The van der Waals surface area contributed by atoms with Gasteiger partial charge in [-0.05, 0) is 37.1 Å². The normalized spacial score (nSPS) is 13.6. The van der Waals surface area contributed by atoms with Crippen molar-refractivity contribution in [1.29, 1.82) is 0 Å². The third-order valence-corrected chi connectivity index (χ3v) is 5.31. The lowest BCUT2D eigenvalue weighted by atomic mass is 10.1. The molecule has 7 nitrogen and oxygen atoms in total. The van der Waals surface area contributed by atoms with E-state index in [-0.39, 0.29) is 5.91 Å². The number of amides is 1. The van der Waals surface area contributed by atoms with Crippen LogP contribution < -0.4 is 24.4 Å². The summed E-state index contributed by atoms with van der Waals surface area (Å²) in [5.74, 6) is 1.21. The molecule has 0 radical (unpaired) electrons. The van der Waals surface area contributed by atoms with Crippen LogP contribution in [-0.2, 0) is 0 Å². The fourth-order valence-corrected chi connectivity index (χ4v) is 3.87. The monoisotopic (exact) mass is 395 g/mol. The van der Waals surface area contributed by atoms with Crippen LogP contribution in [-0.4, -0.2) is 45.3 Å². The first-order valence-electron chi connectivity index (χ1n) is 9.62. The first kappa shape index (κ1) is 19.0. The maximum absolute atomic E-state index is 13.0. The Labute approximate surface area is 169 Å². The lowest BCUT2D eigenvalue weighted by molar-refractivity contribution is 0.102. The van der Waals surface area contributed by atoms with Gasteiger partial charge in [0.15, 0.2) is 11.5 Å². The van der Waals surface area contributed by atoms with Gasteiger partial charge in [0.05, 0.1) is 37.8 Å². The molecule has 29 heavy (non-hydrogen) atoms. The van der Waals surface area contributed by atoms with E-state index in [1.807, 2.05) is 24.3 Å². The van der Waals surface area contributed by atoms with Crippen molar-refractivity contribution in [1.82, 2.24) is 4.98 Å². The van der Waals surface area contributed by atoms with E-state index >= 15 is 0 Å². The maximum Gasteiger partial charge on any atom is 0.257 e. The van der Waals surface area contributed by atoms with Gasteiger partial charge in [-0.1, -0.05) is 0 Å². The number of anilines is 2. The van der Waals surface area contributed by atoms with Crippen molar-refractivity contribution in [2.75, 3.05) is 44.6 Å². The summed E-state index contributed by atoms with van der Waals surface area (Å²) in [5, 5.41) is 3.62. The van der Waals surface area contributed by atoms with Crippen LogP contribution in [0.5, 0.6) is 17.2 Å². The SMILES string of the molecule is COc1cc2[nH]cc(C(=O)Nc3ccc(N4CCCC4)cc3)c2c(OC)c1OC. The van der Waals surface area contributed by atoms with Crippen LogP contribution in [0.4, 0.5) is 11.4 Å². The summed E-state index contributed by atoms with van der Waals surface area (Å²) in [4.78, 5) is 18.5. The molecule has 1 amide bonds. The molecule has 0 atom stereocenters. The number of aromatic nitrogens is 1. The Morgan fingerprint density at radius 1 is 1.00 bits per heavy atom. The van der Waals surface area contributed by atoms with Crippen molar-refractivity contribution in [2.45, 2.75) is 12.8 Å². The average molecular weight is 395 g/mol. The van der Waals surface area contributed by atoms with E-state index in [0.29, 0.717) is 28.2 Å². The standard InChI is InChI=1S/C22H25N3O4/c1-27-18-12-17-19(21(29-3)20(18)28-2)16(13-23-17)22(26)24-14-6-8-15(9-7-14)25-10-4-5-11-25/h6-9,12-13,23H,4-5,10-11H2,1-3H3,(H,24,26). The average Bonchev–Trinajstić information content (AvgIpc) is 3.42. The fraction of sp³-hybridized carbons (Fsp3) is 0.318. The molecular formula is C22H25N3O4. The highest BCUT2D eigenvalue weighted by atomic mass is 16.5. The minimum absolute atomic E-state index is 0.226. The van der Waals surface area contributed by atoms with Crippen molar-refractivity contribution in [3.05, 3.63) is 42.1 Å². The van der Waals surface area contributed by atoms with E-state index in [1.54, 1.807) is 33.6 Å². The molecule has 1 aromatic heterocycles. The largest absolute Gasteiger partial charge is 0.493 e. The Balaban J connectivity index is 1.63. The van der Waals surface area contributed by atoms with Gasteiger partial charge in [-0.2, -0.15) is 0 Å². The van der Waals surface area contributed by atoms with Gasteiger partial charge < -0.3 is 29.4 Å². The predicted molar refractivity (Wildman–Crippen MR) is 114 cm³/mol. The predicted octanol–water partition coefficient (Wildman–Crippen LogP) is 4.05. The number of benzene rings is 2. The molecule has 7 heteroatoms. The number of fused-ring (bicyclic) bond motifs is 1. The quantitative estimate of drug-likeness (QED) is 0.659. The van der Waals surface area contributed by atoms with Crippen molar-refractivity contribution in [3.8, 4) is 17.2 Å². The summed E-state index contributed by atoms with van der Waals surface area (Å²) >= 11 is 0. The fourth-order valence-electron chi connectivity index (χ4n) is 3.87. The van der Waals surface area contributed by atoms with Gasteiger partial charge in [-0.3, -0.25) is 4.79 Å². The molecule has 1 aliphatic rings. The molecule has 1 fully saturated rings. The molecule has 0 saturated carbocycles. The molecule has 0 spiro atoms. The molecule has 1 saturated heterocycles. The highest BCUT2D eigenvalue weighted by molar-refractivity contribution is 6.15. The zero-order valence-electron chi connectivity index (χ0n) is 16.9. The van der Waals surface area contributed by atoms with Crippen LogP contribution in [0.1, 0.15) is 23.2 Å². The topological polar surface area (TPSA) is 75.8 Å². The van der Waals surface area contributed by atoms with Crippen LogP contribution in [0.3, 0.4) is 0 Å². The Bertz CT molecular complexity index is 1020. The Kier molecular flexibility index (Phi) is 5.20. The van der Waals surface area contributed by atoms with E-state index in [1.165, 1.54) is 18.5 Å². The highest BCUT2D eigenvalue weighted by Gasteiger charge is 2.23. The first-order valence-corrected chi connectivity index (χ1v) is 9.62. The summed E-state index contributed by atoms with van der Waals surface area (Å²) < 4.78 is 16.4. The van der Waals surface area contributed by atoms with E-state index in [9.17, 15) is 4.79 Å². The number of carbonyl (C=O) groups is 1. The van der Waals surface area contributed by atoms with Crippen LogP contribution in [0.15, 0.2) is 36.5 Å². The summed E-state index contributed by atoms with van der Waals surface area (Å²) in [6.45, 7) is 2.18. The molecule has 152 valence electrons. The van der Waals surface area contributed by atoms with Gasteiger partial charge in [-0.25, -0.2) is 0 Å². The summed E-state index contributed by atoms with van der Waals surface area (Å²) in [7, 11) is 4.65. The van der Waals surface area contributed by atoms with Gasteiger partial charge in [0, 0.05) is 36.7 Å². The minimum Gasteiger partial charge on any atom is -0.493 e. The van der Waals surface area contributed by atoms with E-state index < -0.39 is 0 Å². The number of rotatable bonds is 6. The maximum atomic E-state index is 13.0. The molecule has 3 aromatic rings. The summed E-state index contributed by atoms with van der Waals surface area (Å²) in [6.07, 6.45) is 4.13. The lowest BCUT2D eigenvalue weighted by Crippen LogP contribution is -2.17. The van der Waals surface area contributed by atoms with E-state index in [4.69, 9.17) is 14.2 Å². The van der Waals surface area contributed by atoms with Crippen LogP contribution in [0.25, 0.3) is 10.9 Å². The molecule has 0 unspecified atom stereocenters. The van der Waals surface area contributed by atoms with Crippen LogP contribution in [0.2, 0.25) is 0 Å². The van der Waals surface area contributed by atoms with Gasteiger partial charge in [0.2, 0.25) is 5.75 Å². The third-order valence-electron chi connectivity index (χ3n) is 5.31. The summed E-state index contributed by atoms with van der Waals surface area (Å²) in [5.41, 5.74) is 3.13. The second-order valence-electron chi connectivity index (χ2n) is 6.97. The number of carbonyl (C=O) groups excluding carboxylic acids is 1. The van der Waals surface area contributed by atoms with Gasteiger partial charge in [-0.15, -0.1) is 0 Å². The molecule has 2 N–H and O–H groups in total. The Morgan fingerprint density at radius 3 is 2.31 bits per heavy atom. The number of ether oxygens (including phenoxy) is 3. The molecule has 1 aliphatic heterocycles. The number of methoxy groups -OCH3 is 3. The molecule has 4 rings (SSSR count). The molecular weight excluding hydrogens is 370 g/mol. The zero-order valence-corrected chi connectivity index (χ0v) is 16.9. The molecule has 2 heterocycles.